The molecule has 1 saturated carbocycles. The Balaban J connectivity index is 0.000000968. The molecule has 0 saturated heterocycles. The van der Waals surface area contributed by atoms with Gasteiger partial charge in [-0.3, -0.25) is 9.48 Å². The van der Waals surface area contributed by atoms with Gasteiger partial charge in [0.25, 0.3) is 5.91 Å². The Morgan fingerprint density at radius 3 is 2.55 bits per heavy atom. The Kier molecular flexibility index (Phi) is 8.08. The molecular formula is C26H36N4O3. The number of carbonyl (C=O) groups excluding carboxylic acids is 1. The number of ether oxygens (including phenoxy) is 1. The second kappa shape index (κ2) is 10.8. The summed E-state index contributed by atoms with van der Waals surface area (Å²) < 4.78 is 7.16. The third-order valence-electron chi connectivity index (χ3n) is 5.68. The van der Waals surface area contributed by atoms with Crippen LogP contribution in [-0.4, -0.2) is 32.9 Å². The van der Waals surface area contributed by atoms with E-state index < -0.39 is 5.60 Å². The van der Waals surface area contributed by atoms with E-state index in [0.717, 1.165) is 23.7 Å². The zero-order valence-electron chi connectivity index (χ0n) is 20.4. The highest BCUT2D eigenvalue weighted by Crippen LogP contribution is 2.34. The summed E-state index contributed by atoms with van der Waals surface area (Å²) in [6, 6.07) is 9.19. The van der Waals surface area contributed by atoms with Crippen molar-refractivity contribution in [3.8, 4) is 5.88 Å². The Morgan fingerprint density at radius 1 is 1.21 bits per heavy atom. The van der Waals surface area contributed by atoms with E-state index in [1.54, 1.807) is 32.0 Å². The molecule has 1 amide bonds. The summed E-state index contributed by atoms with van der Waals surface area (Å²) in [6.07, 6.45) is 9.30. The number of benzene rings is 1. The fraction of sp³-hybridized carbons (Fsp3) is 0.500. The van der Waals surface area contributed by atoms with Crippen LogP contribution in [0.5, 0.6) is 5.88 Å². The second-order valence-electron chi connectivity index (χ2n) is 9.14. The van der Waals surface area contributed by atoms with E-state index in [1.165, 1.54) is 32.8 Å². The number of aliphatic hydroxyl groups is 1. The molecule has 0 aliphatic heterocycles. The summed E-state index contributed by atoms with van der Waals surface area (Å²) in [7, 11) is 1.51. The number of nitrogens with zero attached hydrogens (tertiary/aromatic N) is 3. The number of rotatable bonds is 5. The van der Waals surface area contributed by atoms with Crippen LogP contribution >= 0.6 is 0 Å². The molecule has 0 radical (unpaired) electrons. The molecule has 7 heteroatoms. The van der Waals surface area contributed by atoms with Gasteiger partial charge in [0.2, 0.25) is 5.88 Å². The van der Waals surface area contributed by atoms with Crippen LogP contribution in [0.1, 0.15) is 88.3 Å². The van der Waals surface area contributed by atoms with Crippen molar-refractivity contribution in [2.45, 2.75) is 77.9 Å². The van der Waals surface area contributed by atoms with Crippen LogP contribution in [0.15, 0.2) is 36.5 Å². The summed E-state index contributed by atoms with van der Waals surface area (Å²) in [5, 5.41) is 19.3. The molecule has 0 bridgehead atoms. The largest absolute Gasteiger partial charge is 0.481 e. The van der Waals surface area contributed by atoms with Crippen LogP contribution in [0.25, 0.3) is 10.9 Å². The lowest BCUT2D eigenvalue weighted by atomic mass is 9.95. The van der Waals surface area contributed by atoms with Gasteiger partial charge in [0.05, 0.1) is 24.3 Å². The maximum absolute atomic E-state index is 12.8. The first-order valence-corrected chi connectivity index (χ1v) is 11.8. The van der Waals surface area contributed by atoms with Crippen molar-refractivity contribution in [2.24, 2.45) is 0 Å². The van der Waals surface area contributed by atoms with Crippen LogP contribution < -0.4 is 10.1 Å². The number of hydrogen-bond acceptors (Lipinski definition) is 5. The van der Waals surface area contributed by atoms with Gasteiger partial charge in [-0.2, -0.15) is 5.10 Å². The highest BCUT2D eigenvalue weighted by Gasteiger charge is 2.24. The molecule has 7 nitrogen and oxygen atoms in total. The maximum Gasteiger partial charge on any atom is 0.274 e. The fourth-order valence-corrected chi connectivity index (χ4v) is 4.07. The van der Waals surface area contributed by atoms with E-state index >= 15 is 0 Å². The van der Waals surface area contributed by atoms with Gasteiger partial charge in [0.15, 0.2) is 0 Å². The average Bonchev–Trinajstić information content (AvgIpc) is 3.22. The van der Waals surface area contributed by atoms with Gasteiger partial charge in [-0.05, 0) is 44.9 Å². The Labute approximate surface area is 196 Å². The minimum absolute atomic E-state index is 0.244. The number of aromatic nitrogens is 3. The van der Waals surface area contributed by atoms with Gasteiger partial charge in [0.1, 0.15) is 5.69 Å². The first-order valence-electron chi connectivity index (χ1n) is 11.8. The molecule has 2 N–H and O–H groups in total. The van der Waals surface area contributed by atoms with Crippen molar-refractivity contribution in [1.29, 1.82) is 0 Å². The van der Waals surface area contributed by atoms with E-state index in [0.29, 0.717) is 23.2 Å². The highest BCUT2D eigenvalue weighted by molar-refractivity contribution is 6.04. The van der Waals surface area contributed by atoms with Crippen molar-refractivity contribution in [3.63, 3.8) is 0 Å². The molecule has 1 aliphatic carbocycles. The van der Waals surface area contributed by atoms with Gasteiger partial charge in [-0.25, -0.2) is 4.98 Å². The van der Waals surface area contributed by atoms with Gasteiger partial charge in [-0.1, -0.05) is 45.6 Å². The molecular weight excluding hydrogens is 416 g/mol. The number of pyridine rings is 1. The van der Waals surface area contributed by atoms with Crippen LogP contribution in [0.2, 0.25) is 0 Å². The summed E-state index contributed by atoms with van der Waals surface area (Å²) >= 11 is 0. The van der Waals surface area contributed by atoms with E-state index in [4.69, 9.17) is 9.84 Å². The van der Waals surface area contributed by atoms with Crippen molar-refractivity contribution < 1.29 is 14.6 Å². The van der Waals surface area contributed by atoms with E-state index in [2.05, 4.69) is 24.1 Å². The Bertz CT molecular complexity index is 1080. The lowest BCUT2D eigenvalue weighted by molar-refractivity contribution is 0.0793. The van der Waals surface area contributed by atoms with Gasteiger partial charge >= 0.3 is 0 Å². The standard InChI is InChI=1S/C23H28N4O3.C3H8/c1-23(2,29)17-13-19-15(14-27(26-19)16-8-5-4-6-9-16)12-20(17)25-22(28)18-10-7-11-21(24-18)30-3;1-3-2/h7,10-14,16,29H,4-6,8-9H2,1-3H3,(H,25,28);3H2,1-2H3. The number of nitrogens with one attached hydrogen (secondary N) is 1. The third kappa shape index (κ3) is 6.11. The second-order valence-corrected chi connectivity index (χ2v) is 9.14. The number of anilines is 1. The monoisotopic (exact) mass is 452 g/mol. The molecule has 0 atom stereocenters. The molecule has 0 spiro atoms. The molecule has 178 valence electrons. The predicted molar refractivity (Wildman–Crippen MR) is 132 cm³/mol. The average molecular weight is 453 g/mol. The van der Waals surface area contributed by atoms with Gasteiger partial charge < -0.3 is 15.2 Å². The first kappa shape index (κ1) is 24.7. The third-order valence-corrected chi connectivity index (χ3v) is 5.68. The topological polar surface area (TPSA) is 89.3 Å². The molecule has 2 heterocycles. The zero-order valence-corrected chi connectivity index (χ0v) is 20.4. The van der Waals surface area contributed by atoms with Crippen LogP contribution in [0.3, 0.4) is 0 Å². The Hall–Kier alpha value is -2.93. The Morgan fingerprint density at radius 2 is 1.91 bits per heavy atom. The van der Waals surface area contributed by atoms with Gasteiger partial charge in [-0.15, -0.1) is 0 Å². The predicted octanol–water partition coefficient (Wildman–Crippen LogP) is 5.84. The highest BCUT2D eigenvalue weighted by atomic mass is 16.5. The molecule has 33 heavy (non-hydrogen) atoms. The van der Waals surface area contributed by atoms with Crippen molar-refractivity contribution in [3.05, 3.63) is 47.8 Å². The molecule has 1 fully saturated rings. The minimum Gasteiger partial charge on any atom is -0.481 e. The lowest BCUT2D eigenvalue weighted by Crippen LogP contribution is -2.21. The summed E-state index contributed by atoms with van der Waals surface area (Å²) in [5.41, 5.74) is 1.07. The molecule has 2 aromatic heterocycles. The van der Waals surface area contributed by atoms with Crippen LogP contribution in [0.4, 0.5) is 5.69 Å². The van der Waals surface area contributed by atoms with Crippen molar-refractivity contribution >= 4 is 22.5 Å². The zero-order chi connectivity index (χ0) is 24.0. The molecule has 0 unspecified atom stereocenters. The summed E-state index contributed by atoms with van der Waals surface area (Å²) in [4.78, 5) is 17.0. The van der Waals surface area contributed by atoms with Crippen LogP contribution in [-0.2, 0) is 5.60 Å². The molecule has 4 rings (SSSR count). The number of amides is 1. The number of carbonyl (C=O) groups is 1. The van der Waals surface area contributed by atoms with Crippen molar-refractivity contribution in [1.82, 2.24) is 14.8 Å². The number of methoxy groups -OCH3 is 1. The van der Waals surface area contributed by atoms with Crippen molar-refractivity contribution in [2.75, 3.05) is 12.4 Å². The molecule has 3 aromatic rings. The minimum atomic E-state index is -1.15. The van der Waals surface area contributed by atoms with Crippen LogP contribution in [0, 0.1) is 0 Å². The lowest BCUT2D eigenvalue weighted by Gasteiger charge is -2.22. The van der Waals surface area contributed by atoms with E-state index in [9.17, 15) is 9.90 Å². The normalized spacial score (nSPS) is 14.5. The summed E-state index contributed by atoms with van der Waals surface area (Å²) in [5.74, 6) is 0.00740. The van der Waals surface area contributed by atoms with E-state index in [-0.39, 0.29) is 11.6 Å². The quantitative estimate of drug-likeness (QED) is 0.507. The number of hydrogen-bond donors (Lipinski definition) is 2. The summed E-state index contributed by atoms with van der Waals surface area (Å²) in [6.45, 7) is 7.65. The smallest absolute Gasteiger partial charge is 0.274 e. The number of fused-ring (bicyclic) bond motifs is 1. The van der Waals surface area contributed by atoms with Gasteiger partial charge in [0, 0.05) is 28.9 Å². The fourth-order valence-electron chi connectivity index (χ4n) is 4.07. The molecule has 1 aliphatic rings. The maximum atomic E-state index is 12.8. The first-order chi connectivity index (χ1) is 15.8. The SMILES string of the molecule is CCC.COc1cccc(C(=O)Nc2cc3cn(C4CCCCC4)nc3cc2C(C)(C)O)n1. The van der Waals surface area contributed by atoms with E-state index in [1.807, 2.05) is 23.0 Å². The molecule has 1 aromatic carbocycles.